The molecule has 0 spiro atoms. The minimum absolute atomic E-state index is 0.149. The van der Waals surface area contributed by atoms with Crippen molar-refractivity contribution in [3.05, 3.63) is 18.5 Å². The number of rotatable bonds is 3. The summed E-state index contributed by atoms with van der Waals surface area (Å²) < 4.78 is 0. The Morgan fingerprint density at radius 2 is 2.16 bits per heavy atom. The lowest BCUT2D eigenvalue weighted by Gasteiger charge is -2.41. The van der Waals surface area contributed by atoms with Crippen LogP contribution < -0.4 is 15.5 Å². The van der Waals surface area contributed by atoms with Crippen molar-refractivity contribution >= 4 is 23.2 Å². The number of pyridine rings is 1. The molecule has 1 aliphatic rings. The van der Waals surface area contributed by atoms with Crippen LogP contribution in [0.25, 0.3) is 0 Å². The molecular formula is C13H18N4O2. The van der Waals surface area contributed by atoms with Gasteiger partial charge in [0, 0.05) is 6.54 Å². The molecule has 2 amide bonds. The summed E-state index contributed by atoms with van der Waals surface area (Å²) >= 11 is 0. The van der Waals surface area contributed by atoms with Crippen molar-refractivity contribution < 1.29 is 9.59 Å². The summed E-state index contributed by atoms with van der Waals surface area (Å²) in [5.41, 5.74) is 0.848. The molecule has 1 aromatic heterocycles. The van der Waals surface area contributed by atoms with E-state index in [1.165, 1.54) is 0 Å². The molecule has 0 radical (unpaired) electrons. The summed E-state index contributed by atoms with van der Waals surface area (Å²) in [5, 5.41) is 5.52. The first kappa shape index (κ1) is 13.3. The lowest BCUT2D eigenvalue weighted by Crippen LogP contribution is -2.64. The number of nitrogens with zero attached hydrogens (tertiary/aromatic N) is 2. The average molecular weight is 262 g/mol. The third-order valence-corrected chi connectivity index (χ3v) is 3.20. The van der Waals surface area contributed by atoms with E-state index in [0.29, 0.717) is 0 Å². The van der Waals surface area contributed by atoms with E-state index in [9.17, 15) is 9.59 Å². The quantitative estimate of drug-likeness (QED) is 0.786. The van der Waals surface area contributed by atoms with Crippen LogP contribution in [0.1, 0.15) is 20.8 Å². The van der Waals surface area contributed by atoms with E-state index >= 15 is 0 Å². The molecule has 0 unspecified atom stereocenters. The fraction of sp³-hybridized carbons (Fsp3) is 0.462. The Balaban J connectivity index is 2.35. The Morgan fingerprint density at radius 1 is 1.42 bits per heavy atom. The van der Waals surface area contributed by atoms with Crippen molar-refractivity contribution in [2.24, 2.45) is 0 Å². The minimum Gasteiger partial charge on any atom is -0.384 e. The third-order valence-electron chi connectivity index (χ3n) is 3.20. The first-order chi connectivity index (χ1) is 8.95. The standard InChI is InChI=1S/C13H18N4O2/c1-4-15-9-5-10(7-14-6-9)17-8-11(18)16-12(19)13(17,2)3/h5-7,15H,4,8H2,1-3H3,(H,16,18,19). The van der Waals surface area contributed by atoms with E-state index in [1.54, 1.807) is 31.1 Å². The molecule has 0 atom stereocenters. The Kier molecular flexibility index (Phi) is 3.42. The average Bonchev–Trinajstić information content (AvgIpc) is 2.35. The van der Waals surface area contributed by atoms with E-state index in [2.05, 4.69) is 15.6 Å². The van der Waals surface area contributed by atoms with E-state index in [-0.39, 0.29) is 18.4 Å². The van der Waals surface area contributed by atoms with Crippen molar-refractivity contribution in [1.82, 2.24) is 10.3 Å². The van der Waals surface area contributed by atoms with E-state index in [1.807, 2.05) is 13.0 Å². The van der Waals surface area contributed by atoms with Crippen molar-refractivity contribution in [2.45, 2.75) is 26.3 Å². The van der Waals surface area contributed by atoms with Gasteiger partial charge in [-0.05, 0) is 26.8 Å². The normalized spacial score (nSPS) is 18.2. The third kappa shape index (κ3) is 2.52. The lowest BCUT2D eigenvalue weighted by atomic mass is 9.98. The Bertz CT molecular complexity index is 513. The molecule has 19 heavy (non-hydrogen) atoms. The number of imide groups is 1. The molecule has 0 bridgehead atoms. The number of amides is 2. The molecule has 2 N–H and O–H groups in total. The second-order valence-electron chi connectivity index (χ2n) is 4.98. The van der Waals surface area contributed by atoms with E-state index in [0.717, 1.165) is 17.9 Å². The van der Waals surface area contributed by atoms with Gasteiger partial charge in [0.05, 0.1) is 30.3 Å². The molecule has 6 heteroatoms. The molecule has 0 aromatic carbocycles. The van der Waals surface area contributed by atoms with Crippen LogP contribution in [0.15, 0.2) is 18.5 Å². The van der Waals surface area contributed by atoms with Gasteiger partial charge in [0.25, 0.3) is 5.91 Å². The van der Waals surface area contributed by atoms with Gasteiger partial charge in [-0.2, -0.15) is 0 Å². The molecule has 1 aliphatic heterocycles. The summed E-state index contributed by atoms with van der Waals surface area (Å²) in [6.07, 6.45) is 3.38. The molecule has 1 fully saturated rings. The minimum atomic E-state index is -0.777. The van der Waals surface area contributed by atoms with Crippen LogP contribution in [0.2, 0.25) is 0 Å². The van der Waals surface area contributed by atoms with Gasteiger partial charge in [0.15, 0.2) is 0 Å². The van der Waals surface area contributed by atoms with Crippen molar-refractivity contribution in [3.63, 3.8) is 0 Å². The van der Waals surface area contributed by atoms with Gasteiger partial charge in [0.1, 0.15) is 5.54 Å². The highest BCUT2D eigenvalue weighted by molar-refractivity contribution is 6.06. The Hall–Kier alpha value is -2.11. The maximum Gasteiger partial charge on any atom is 0.251 e. The highest BCUT2D eigenvalue weighted by Gasteiger charge is 2.41. The predicted molar refractivity (Wildman–Crippen MR) is 73.0 cm³/mol. The molecule has 0 saturated carbocycles. The summed E-state index contributed by atoms with van der Waals surface area (Å²) in [4.78, 5) is 29.4. The zero-order valence-corrected chi connectivity index (χ0v) is 11.4. The second-order valence-corrected chi connectivity index (χ2v) is 4.98. The highest BCUT2D eigenvalue weighted by atomic mass is 16.2. The van der Waals surface area contributed by atoms with Gasteiger partial charge in [-0.15, -0.1) is 0 Å². The summed E-state index contributed by atoms with van der Waals surface area (Å²) in [7, 11) is 0. The van der Waals surface area contributed by atoms with Gasteiger partial charge >= 0.3 is 0 Å². The van der Waals surface area contributed by atoms with E-state index < -0.39 is 5.54 Å². The molecule has 6 nitrogen and oxygen atoms in total. The van der Waals surface area contributed by atoms with Crippen molar-refractivity contribution in [2.75, 3.05) is 23.3 Å². The Morgan fingerprint density at radius 3 is 2.84 bits per heavy atom. The molecular weight excluding hydrogens is 244 g/mol. The first-order valence-corrected chi connectivity index (χ1v) is 6.26. The largest absolute Gasteiger partial charge is 0.384 e. The van der Waals surface area contributed by atoms with Crippen molar-refractivity contribution in [1.29, 1.82) is 0 Å². The SMILES string of the molecule is CCNc1cncc(N2CC(=O)NC(=O)C2(C)C)c1. The van der Waals surface area contributed by atoms with Gasteiger partial charge in [0.2, 0.25) is 5.91 Å². The number of hydrogen-bond donors (Lipinski definition) is 2. The topological polar surface area (TPSA) is 74.3 Å². The summed E-state index contributed by atoms with van der Waals surface area (Å²) in [5.74, 6) is -0.587. The molecule has 0 aliphatic carbocycles. The smallest absolute Gasteiger partial charge is 0.251 e. The number of nitrogens with one attached hydrogen (secondary N) is 2. The van der Waals surface area contributed by atoms with Gasteiger partial charge in [-0.3, -0.25) is 19.9 Å². The van der Waals surface area contributed by atoms with Crippen LogP contribution in [0.5, 0.6) is 0 Å². The van der Waals surface area contributed by atoms with Crippen LogP contribution in [0.4, 0.5) is 11.4 Å². The lowest BCUT2D eigenvalue weighted by molar-refractivity contribution is -0.135. The monoisotopic (exact) mass is 262 g/mol. The molecule has 2 rings (SSSR count). The predicted octanol–water partition coefficient (Wildman–Crippen LogP) is 0.755. The van der Waals surface area contributed by atoms with Gasteiger partial charge in [-0.1, -0.05) is 0 Å². The number of piperazine rings is 1. The second kappa shape index (κ2) is 4.87. The van der Waals surface area contributed by atoms with Crippen LogP contribution in [-0.2, 0) is 9.59 Å². The van der Waals surface area contributed by atoms with Crippen LogP contribution in [-0.4, -0.2) is 35.4 Å². The molecule has 1 aromatic rings. The summed E-state index contributed by atoms with van der Waals surface area (Å²) in [6, 6.07) is 1.89. The van der Waals surface area contributed by atoms with Crippen LogP contribution >= 0.6 is 0 Å². The number of carbonyl (C=O) groups is 2. The van der Waals surface area contributed by atoms with Crippen molar-refractivity contribution in [3.8, 4) is 0 Å². The fourth-order valence-corrected chi connectivity index (χ4v) is 2.07. The maximum absolute atomic E-state index is 11.9. The summed E-state index contributed by atoms with van der Waals surface area (Å²) in [6.45, 7) is 6.50. The number of hydrogen-bond acceptors (Lipinski definition) is 5. The van der Waals surface area contributed by atoms with Crippen LogP contribution in [0, 0.1) is 0 Å². The van der Waals surface area contributed by atoms with Crippen LogP contribution in [0.3, 0.4) is 0 Å². The molecule has 1 saturated heterocycles. The number of anilines is 2. The molecule has 102 valence electrons. The molecule has 2 heterocycles. The highest BCUT2D eigenvalue weighted by Crippen LogP contribution is 2.27. The zero-order valence-electron chi connectivity index (χ0n) is 11.4. The van der Waals surface area contributed by atoms with Gasteiger partial charge < -0.3 is 10.2 Å². The Labute approximate surface area is 112 Å². The van der Waals surface area contributed by atoms with E-state index in [4.69, 9.17) is 0 Å². The van der Waals surface area contributed by atoms with Gasteiger partial charge in [-0.25, -0.2) is 0 Å². The number of carbonyl (C=O) groups excluding carboxylic acids is 2. The zero-order chi connectivity index (χ0) is 14.0. The maximum atomic E-state index is 11.9. The fourth-order valence-electron chi connectivity index (χ4n) is 2.07. The first-order valence-electron chi connectivity index (χ1n) is 6.26. The number of aromatic nitrogens is 1.